The molecule has 3 heteroatoms. The quantitative estimate of drug-likeness (QED) is 0.617. The van der Waals surface area contributed by atoms with Gasteiger partial charge in [-0.15, -0.1) is 0 Å². The number of rotatable bonds is 3. The van der Waals surface area contributed by atoms with E-state index in [1.807, 2.05) is 13.8 Å². The zero-order valence-electron chi connectivity index (χ0n) is 13.8. The first kappa shape index (κ1) is 18.2. The molecule has 0 heterocycles. The van der Waals surface area contributed by atoms with Gasteiger partial charge < -0.3 is 0 Å². The first-order valence-electron chi connectivity index (χ1n) is 6.85. The van der Waals surface area contributed by atoms with Crippen LogP contribution in [0, 0.1) is 34.6 Å². The zero-order valence-corrected chi connectivity index (χ0v) is 14.8. The molecule has 1 nitrogen and oxygen atoms in total. The molecule has 0 aromatic heterocycles. The molecule has 2 rings (SSSR count). The van der Waals surface area contributed by atoms with E-state index in [2.05, 4.69) is 51.1 Å². The van der Waals surface area contributed by atoms with Crippen molar-refractivity contribution in [3.8, 4) is 0 Å². The van der Waals surface area contributed by atoms with Crippen LogP contribution in [0.5, 0.6) is 0 Å². The fourth-order valence-corrected chi connectivity index (χ4v) is 3.88. The summed E-state index contributed by atoms with van der Waals surface area (Å²) in [4.78, 5) is 12.6. The molecular formula is C18H21LiOP. The van der Waals surface area contributed by atoms with Gasteiger partial charge in [0, 0.05) is 24.4 Å². The van der Waals surface area contributed by atoms with Crippen molar-refractivity contribution in [1.29, 1.82) is 0 Å². The van der Waals surface area contributed by atoms with E-state index in [1.165, 1.54) is 16.7 Å². The number of benzene rings is 2. The van der Waals surface area contributed by atoms with Gasteiger partial charge in [-0.2, -0.15) is 0 Å². The first-order valence-corrected chi connectivity index (χ1v) is 7.85. The van der Waals surface area contributed by atoms with E-state index in [-0.39, 0.29) is 33.0 Å². The molecule has 1 radical (unpaired) electrons. The Bertz CT molecular complexity index is 654. The van der Waals surface area contributed by atoms with Crippen LogP contribution < -0.4 is 5.30 Å². The van der Waals surface area contributed by atoms with Crippen LogP contribution in [0.25, 0.3) is 0 Å². The molecule has 0 saturated heterocycles. The van der Waals surface area contributed by atoms with E-state index in [4.69, 9.17) is 0 Å². The topological polar surface area (TPSA) is 17.1 Å². The summed E-state index contributed by atoms with van der Waals surface area (Å²) in [6, 6.07) is 10.5. The molecule has 1 atom stereocenters. The van der Waals surface area contributed by atoms with Crippen LogP contribution in [-0.2, 0) is 0 Å². The van der Waals surface area contributed by atoms with Gasteiger partial charge in [-0.3, -0.25) is 4.79 Å². The van der Waals surface area contributed by atoms with Crippen LogP contribution in [0.4, 0.5) is 0 Å². The summed E-state index contributed by atoms with van der Waals surface area (Å²) in [5.41, 5.74) is 6.98. The molecule has 0 spiro atoms. The summed E-state index contributed by atoms with van der Waals surface area (Å²) < 4.78 is 0. The van der Waals surface area contributed by atoms with E-state index < -0.39 is 0 Å². The maximum Gasteiger partial charge on any atom is 0.186 e. The average molecular weight is 291 g/mol. The molecule has 21 heavy (non-hydrogen) atoms. The summed E-state index contributed by atoms with van der Waals surface area (Å²) in [6.45, 7) is 10.3. The van der Waals surface area contributed by atoms with Gasteiger partial charge in [0.2, 0.25) is 0 Å². The van der Waals surface area contributed by atoms with Crippen LogP contribution in [0.2, 0.25) is 0 Å². The predicted octanol–water partition coefficient (Wildman–Crippen LogP) is 3.99. The normalized spacial score (nSPS) is 10.7. The van der Waals surface area contributed by atoms with Crippen molar-refractivity contribution in [3.05, 3.63) is 63.7 Å². The van der Waals surface area contributed by atoms with Crippen LogP contribution in [0.1, 0.15) is 38.2 Å². The predicted molar refractivity (Wildman–Crippen MR) is 94.6 cm³/mol. The third-order valence-corrected chi connectivity index (χ3v) is 4.84. The van der Waals surface area contributed by atoms with Gasteiger partial charge in [0.1, 0.15) is 0 Å². The van der Waals surface area contributed by atoms with Crippen molar-refractivity contribution >= 4 is 38.3 Å². The van der Waals surface area contributed by atoms with Crippen molar-refractivity contribution in [1.82, 2.24) is 0 Å². The molecule has 0 N–H and O–H groups in total. The SMILES string of the molecule is Cc1ccc(PC(=O)c2c(C)cc(C)cc2C)c(C)c1.[Li]. The van der Waals surface area contributed by atoms with E-state index in [9.17, 15) is 4.79 Å². The Labute approximate surface area is 141 Å². The standard InChI is InChI=1S/C18H21OP.Li/c1-11-6-7-16(13(3)8-11)20-18(19)17-14(4)9-12(2)10-15(17)5;/h6-10,20H,1-5H3;. The molecule has 0 bridgehead atoms. The Balaban J connectivity index is 0.00000220. The second-order valence-electron chi connectivity index (χ2n) is 5.55. The summed E-state index contributed by atoms with van der Waals surface area (Å²) >= 11 is 0. The molecule has 105 valence electrons. The smallest absolute Gasteiger partial charge is 0.186 e. The fraction of sp³-hybridized carbons (Fsp3) is 0.278. The van der Waals surface area contributed by atoms with E-state index in [0.717, 1.165) is 22.0 Å². The summed E-state index contributed by atoms with van der Waals surface area (Å²) in [6.07, 6.45) is 0. The summed E-state index contributed by atoms with van der Waals surface area (Å²) in [5, 5.41) is 1.15. The molecule has 0 fully saturated rings. The second kappa shape index (κ2) is 7.42. The summed E-state index contributed by atoms with van der Waals surface area (Å²) in [7, 11) is 0.202. The Morgan fingerprint density at radius 2 is 1.33 bits per heavy atom. The minimum atomic E-state index is 0. The monoisotopic (exact) mass is 291 g/mol. The van der Waals surface area contributed by atoms with Gasteiger partial charge in [0.05, 0.1) is 0 Å². The minimum absolute atomic E-state index is 0. The molecule has 2 aromatic rings. The van der Waals surface area contributed by atoms with Crippen LogP contribution >= 0.6 is 8.58 Å². The van der Waals surface area contributed by atoms with Gasteiger partial charge in [0.15, 0.2) is 5.52 Å². The van der Waals surface area contributed by atoms with Gasteiger partial charge >= 0.3 is 0 Å². The van der Waals surface area contributed by atoms with Gasteiger partial charge in [-0.05, 0) is 65.2 Å². The molecule has 0 aliphatic carbocycles. The molecule has 0 aliphatic heterocycles. The Kier molecular flexibility index (Phi) is 6.42. The van der Waals surface area contributed by atoms with Crippen LogP contribution in [0.15, 0.2) is 30.3 Å². The molecule has 2 aromatic carbocycles. The second-order valence-corrected chi connectivity index (χ2v) is 6.79. The van der Waals surface area contributed by atoms with E-state index >= 15 is 0 Å². The number of hydrogen-bond acceptors (Lipinski definition) is 1. The van der Waals surface area contributed by atoms with Gasteiger partial charge in [-0.1, -0.05) is 41.5 Å². The van der Waals surface area contributed by atoms with Crippen molar-refractivity contribution < 1.29 is 4.79 Å². The number of carbonyl (C=O) groups excluding carboxylic acids is 1. The maximum atomic E-state index is 12.6. The summed E-state index contributed by atoms with van der Waals surface area (Å²) in [5.74, 6) is 0. The Morgan fingerprint density at radius 3 is 1.86 bits per heavy atom. The third kappa shape index (κ3) is 4.30. The van der Waals surface area contributed by atoms with Crippen molar-refractivity contribution in [2.75, 3.05) is 0 Å². The number of carbonyl (C=O) groups is 1. The first-order chi connectivity index (χ1) is 9.38. The largest absolute Gasteiger partial charge is 0.289 e. The van der Waals surface area contributed by atoms with E-state index in [1.54, 1.807) is 0 Å². The van der Waals surface area contributed by atoms with Gasteiger partial charge in [0.25, 0.3) is 0 Å². The number of hydrogen-bond donors (Lipinski definition) is 0. The van der Waals surface area contributed by atoms with Crippen LogP contribution in [0.3, 0.4) is 0 Å². The molecule has 0 saturated carbocycles. The van der Waals surface area contributed by atoms with Crippen molar-refractivity contribution in [2.45, 2.75) is 34.6 Å². The third-order valence-electron chi connectivity index (χ3n) is 3.53. The van der Waals surface area contributed by atoms with Crippen molar-refractivity contribution in [2.24, 2.45) is 0 Å². The van der Waals surface area contributed by atoms with Gasteiger partial charge in [-0.25, -0.2) is 0 Å². The fourth-order valence-electron chi connectivity index (χ4n) is 2.68. The molecule has 1 unspecified atom stereocenters. The maximum absolute atomic E-state index is 12.6. The van der Waals surface area contributed by atoms with Crippen LogP contribution in [-0.4, -0.2) is 24.4 Å². The zero-order chi connectivity index (χ0) is 14.9. The molecule has 0 amide bonds. The Hall–Kier alpha value is -0.863. The van der Waals surface area contributed by atoms with Crippen molar-refractivity contribution in [3.63, 3.8) is 0 Å². The van der Waals surface area contributed by atoms with E-state index in [0.29, 0.717) is 0 Å². The molecule has 0 aliphatic rings. The number of aryl methyl sites for hydroxylation is 5. The minimum Gasteiger partial charge on any atom is -0.289 e. The average Bonchev–Trinajstić information content (AvgIpc) is 2.31. The molecular weight excluding hydrogens is 270 g/mol. The Morgan fingerprint density at radius 1 is 0.810 bits per heavy atom.